The van der Waals surface area contributed by atoms with E-state index >= 15 is 0 Å². The predicted molar refractivity (Wildman–Crippen MR) is 113 cm³/mol. The van der Waals surface area contributed by atoms with E-state index in [0.717, 1.165) is 42.8 Å². The largest absolute Gasteiger partial charge is 0.465 e. The van der Waals surface area contributed by atoms with Crippen molar-refractivity contribution in [1.29, 1.82) is 0 Å². The van der Waals surface area contributed by atoms with Crippen LogP contribution in [-0.4, -0.2) is 55.8 Å². The second kappa shape index (κ2) is 8.17. The zero-order valence-electron chi connectivity index (χ0n) is 16.7. The number of methoxy groups -OCH3 is 1. The quantitative estimate of drug-likeness (QED) is 0.642. The SMILES string of the molecule is COC(=O)c1ccc2c(c1)NC(=O)C2C(=NC1CCN(C)CC1)c1ccccc1. The number of anilines is 1. The maximum absolute atomic E-state index is 13.0. The number of nitrogens with one attached hydrogen (secondary N) is 1. The van der Waals surface area contributed by atoms with Crippen LogP contribution in [0, 0.1) is 0 Å². The summed E-state index contributed by atoms with van der Waals surface area (Å²) in [5.41, 5.74) is 3.66. The number of piperidine rings is 1. The van der Waals surface area contributed by atoms with Gasteiger partial charge in [0.25, 0.3) is 0 Å². The maximum Gasteiger partial charge on any atom is 0.337 e. The van der Waals surface area contributed by atoms with Gasteiger partial charge in [-0.3, -0.25) is 9.79 Å². The molecule has 1 fully saturated rings. The number of hydrogen-bond acceptors (Lipinski definition) is 5. The minimum absolute atomic E-state index is 0.113. The Labute approximate surface area is 170 Å². The molecule has 2 aliphatic heterocycles. The zero-order chi connectivity index (χ0) is 20.4. The van der Waals surface area contributed by atoms with Gasteiger partial charge in [-0.1, -0.05) is 36.4 Å². The lowest BCUT2D eigenvalue weighted by Crippen LogP contribution is -2.33. The van der Waals surface area contributed by atoms with E-state index < -0.39 is 11.9 Å². The third-order valence-electron chi connectivity index (χ3n) is 5.66. The van der Waals surface area contributed by atoms with Crippen molar-refractivity contribution < 1.29 is 14.3 Å². The fraction of sp³-hybridized carbons (Fsp3) is 0.348. The van der Waals surface area contributed by atoms with E-state index in [2.05, 4.69) is 17.3 Å². The average molecular weight is 391 g/mol. The first-order chi connectivity index (χ1) is 14.1. The van der Waals surface area contributed by atoms with Crippen LogP contribution in [0.5, 0.6) is 0 Å². The van der Waals surface area contributed by atoms with Crippen LogP contribution in [0.15, 0.2) is 53.5 Å². The van der Waals surface area contributed by atoms with Gasteiger partial charge in [-0.25, -0.2) is 4.79 Å². The molecule has 0 saturated carbocycles. The molecule has 2 aromatic rings. The standard InChI is InChI=1S/C23H25N3O3/c1-26-12-10-17(11-13-26)24-21(15-6-4-3-5-7-15)20-18-9-8-16(23(28)29-2)14-19(18)25-22(20)27/h3-9,14,17,20H,10-13H2,1-2H3,(H,25,27). The Bertz CT molecular complexity index is 947. The molecule has 1 saturated heterocycles. The number of rotatable bonds is 4. The van der Waals surface area contributed by atoms with Gasteiger partial charge in [0.05, 0.1) is 24.4 Å². The van der Waals surface area contributed by atoms with Gasteiger partial charge in [0.1, 0.15) is 5.92 Å². The molecular formula is C23H25N3O3. The molecule has 1 atom stereocenters. The van der Waals surface area contributed by atoms with Gasteiger partial charge in [0.2, 0.25) is 5.91 Å². The van der Waals surface area contributed by atoms with E-state index in [1.54, 1.807) is 12.1 Å². The first-order valence-corrected chi connectivity index (χ1v) is 9.91. The molecule has 150 valence electrons. The van der Waals surface area contributed by atoms with Gasteiger partial charge >= 0.3 is 5.97 Å². The minimum Gasteiger partial charge on any atom is -0.465 e. The molecular weight excluding hydrogens is 366 g/mol. The van der Waals surface area contributed by atoms with Crippen molar-refractivity contribution in [2.24, 2.45) is 4.99 Å². The molecule has 29 heavy (non-hydrogen) atoms. The number of ether oxygens (including phenoxy) is 1. The Morgan fingerprint density at radius 3 is 2.52 bits per heavy atom. The van der Waals surface area contributed by atoms with Gasteiger partial charge in [-0.2, -0.15) is 0 Å². The fourth-order valence-electron chi connectivity index (χ4n) is 4.02. The Kier molecular flexibility index (Phi) is 5.45. The smallest absolute Gasteiger partial charge is 0.337 e. The van der Waals surface area contributed by atoms with Gasteiger partial charge < -0.3 is 15.0 Å². The van der Waals surface area contributed by atoms with Crippen LogP contribution in [-0.2, 0) is 9.53 Å². The molecule has 0 radical (unpaired) electrons. The molecule has 0 bridgehead atoms. The van der Waals surface area contributed by atoms with Gasteiger partial charge in [0, 0.05) is 5.69 Å². The lowest BCUT2D eigenvalue weighted by Gasteiger charge is -2.28. The number of aliphatic imine (C=N–C) groups is 1. The van der Waals surface area contributed by atoms with Crippen molar-refractivity contribution in [3.05, 3.63) is 65.2 Å². The molecule has 6 nitrogen and oxygen atoms in total. The van der Waals surface area contributed by atoms with Crippen LogP contribution in [0.3, 0.4) is 0 Å². The highest BCUT2D eigenvalue weighted by atomic mass is 16.5. The molecule has 2 heterocycles. The molecule has 1 unspecified atom stereocenters. The summed E-state index contributed by atoms with van der Waals surface area (Å²) in [5.74, 6) is -1.02. The topological polar surface area (TPSA) is 71.0 Å². The number of esters is 1. The van der Waals surface area contributed by atoms with Crippen molar-refractivity contribution in [3.63, 3.8) is 0 Å². The van der Waals surface area contributed by atoms with E-state index in [1.165, 1.54) is 7.11 Å². The average Bonchev–Trinajstić information content (AvgIpc) is 3.08. The molecule has 6 heteroatoms. The zero-order valence-corrected chi connectivity index (χ0v) is 16.7. The monoisotopic (exact) mass is 391 g/mol. The molecule has 2 aliphatic rings. The lowest BCUT2D eigenvalue weighted by molar-refractivity contribution is -0.115. The van der Waals surface area contributed by atoms with Gasteiger partial charge in [0.15, 0.2) is 0 Å². The van der Waals surface area contributed by atoms with Crippen molar-refractivity contribution in [2.75, 3.05) is 32.6 Å². The molecule has 0 aromatic heterocycles. The molecule has 4 rings (SSSR count). The van der Waals surface area contributed by atoms with Crippen LogP contribution in [0.2, 0.25) is 0 Å². The van der Waals surface area contributed by atoms with Crippen LogP contribution in [0.1, 0.15) is 40.2 Å². The number of nitrogens with zero attached hydrogens (tertiary/aromatic N) is 2. The summed E-state index contributed by atoms with van der Waals surface area (Å²) < 4.78 is 4.80. The van der Waals surface area contributed by atoms with Crippen LogP contribution in [0.4, 0.5) is 5.69 Å². The van der Waals surface area contributed by atoms with Gasteiger partial charge in [-0.05, 0) is 56.2 Å². The van der Waals surface area contributed by atoms with Crippen molar-refractivity contribution >= 4 is 23.3 Å². The van der Waals surface area contributed by atoms with E-state index in [1.807, 2.05) is 36.4 Å². The van der Waals surface area contributed by atoms with E-state index in [4.69, 9.17) is 9.73 Å². The Morgan fingerprint density at radius 2 is 1.83 bits per heavy atom. The van der Waals surface area contributed by atoms with Crippen LogP contribution < -0.4 is 5.32 Å². The van der Waals surface area contributed by atoms with Crippen molar-refractivity contribution in [2.45, 2.75) is 24.8 Å². The highest BCUT2D eigenvalue weighted by Gasteiger charge is 2.36. The molecule has 0 aliphatic carbocycles. The number of carbonyl (C=O) groups excluding carboxylic acids is 2. The minimum atomic E-state index is -0.487. The Morgan fingerprint density at radius 1 is 1.10 bits per heavy atom. The first-order valence-electron chi connectivity index (χ1n) is 9.91. The Balaban J connectivity index is 1.74. The summed E-state index contributed by atoms with van der Waals surface area (Å²) in [4.78, 5) is 32.2. The highest BCUT2D eigenvalue weighted by Crippen LogP contribution is 2.36. The molecule has 1 N–H and O–H groups in total. The number of benzene rings is 2. The highest BCUT2D eigenvalue weighted by molar-refractivity contribution is 6.23. The molecule has 0 spiro atoms. The van der Waals surface area contributed by atoms with Crippen molar-refractivity contribution in [3.8, 4) is 0 Å². The van der Waals surface area contributed by atoms with Crippen LogP contribution >= 0.6 is 0 Å². The van der Waals surface area contributed by atoms with E-state index in [0.29, 0.717) is 11.3 Å². The second-order valence-corrected chi connectivity index (χ2v) is 7.63. The summed E-state index contributed by atoms with van der Waals surface area (Å²) in [6, 6.07) is 15.3. The summed E-state index contributed by atoms with van der Waals surface area (Å²) in [7, 11) is 3.47. The lowest BCUT2D eigenvalue weighted by atomic mass is 9.89. The van der Waals surface area contributed by atoms with E-state index in [-0.39, 0.29) is 11.9 Å². The van der Waals surface area contributed by atoms with Crippen molar-refractivity contribution in [1.82, 2.24) is 4.90 Å². The van der Waals surface area contributed by atoms with Gasteiger partial charge in [-0.15, -0.1) is 0 Å². The summed E-state index contributed by atoms with van der Waals surface area (Å²) in [6.07, 6.45) is 1.96. The second-order valence-electron chi connectivity index (χ2n) is 7.63. The number of carbonyl (C=O) groups is 2. The third kappa shape index (κ3) is 3.93. The fourth-order valence-corrected chi connectivity index (χ4v) is 4.02. The summed E-state index contributed by atoms with van der Waals surface area (Å²) >= 11 is 0. The molecule has 2 aromatic carbocycles. The van der Waals surface area contributed by atoms with E-state index in [9.17, 15) is 9.59 Å². The molecule has 1 amide bonds. The number of fused-ring (bicyclic) bond motifs is 1. The number of amides is 1. The third-order valence-corrected chi connectivity index (χ3v) is 5.66. The Hall–Kier alpha value is -2.99. The van der Waals surface area contributed by atoms with Crippen LogP contribution in [0.25, 0.3) is 0 Å². The predicted octanol–water partition coefficient (Wildman–Crippen LogP) is 3.09. The number of likely N-dealkylation sites (tertiary alicyclic amines) is 1. The summed E-state index contributed by atoms with van der Waals surface area (Å²) in [6.45, 7) is 2.01. The maximum atomic E-state index is 13.0. The first kappa shape index (κ1) is 19.3. The normalized spacial score (nSPS) is 20.3. The summed E-state index contributed by atoms with van der Waals surface area (Å²) in [5, 5.41) is 2.93. The number of hydrogen-bond donors (Lipinski definition) is 1.